The Bertz CT molecular complexity index is 1180. The van der Waals surface area contributed by atoms with Crippen molar-refractivity contribution in [2.24, 2.45) is 0 Å². The number of carbonyl (C=O) groups excluding carboxylic acids is 1. The fourth-order valence-corrected chi connectivity index (χ4v) is 4.57. The molecule has 0 radical (unpaired) electrons. The molecule has 0 spiro atoms. The number of amides is 1. The maximum atomic E-state index is 12.9. The molecule has 0 fully saturated rings. The summed E-state index contributed by atoms with van der Waals surface area (Å²) in [4.78, 5) is 25.2. The van der Waals surface area contributed by atoms with Crippen LogP contribution in [0.3, 0.4) is 0 Å². The van der Waals surface area contributed by atoms with Crippen LogP contribution in [0.4, 0.5) is 5.69 Å². The molecule has 0 saturated carbocycles. The SMILES string of the molecule is Cc1cc2c(cc1O)NC(=O)C[C@H]2c1cc(=O)n2c3c(cccc13)CCC2. The highest BCUT2D eigenvalue weighted by molar-refractivity contribution is 5.97. The number of aryl methyl sites for hydroxylation is 3. The molecule has 3 heterocycles. The van der Waals surface area contributed by atoms with Crippen molar-refractivity contribution in [1.29, 1.82) is 0 Å². The summed E-state index contributed by atoms with van der Waals surface area (Å²) in [5, 5.41) is 13.9. The highest BCUT2D eigenvalue weighted by Crippen LogP contribution is 2.42. The van der Waals surface area contributed by atoms with Gasteiger partial charge in [-0.05, 0) is 48.1 Å². The van der Waals surface area contributed by atoms with Crippen LogP contribution in [-0.2, 0) is 17.8 Å². The number of benzene rings is 2. The molecule has 5 nitrogen and oxygen atoms in total. The minimum atomic E-state index is -0.201. The molecule has 1 atom stereocenters. The van der Waals surface area contributed by atoms with E-state index in [-0.39, 0.29) is 23.1 Å². The van der Waals surface area contributed by atoms with Crippen LogP contribution >= 0.6 is 0 Å². The van der Waals surface area contributed by atoms with E-state index in [4.69, 9.17) is 0 Å². The van der Waals surface area contributed by atoms with Gasteiger partial charge in [0.15, 0.2) is 0 Å². The number of phenolic OH excluding ortho intramolecular Hbond substituents is 1. The minimum Gasteiger partial charge on any atom is -0.508 e. The van der Waals surface area contributed by atoms with Gasteiger partial charge in [0, 0.05) is 42.1 Å². The summed E-state index contributed by atoms with van der Waals surface area (Å²) in [5.74, 6) is -0.143. The Balaban J connectivity index is 1.81. The molecular weight excluding hydrogens is 340 g/mol. The molecule has 2 aromatic carbocycles. The van der Waals surface area contributed by atoms with Crippen molar-refractivity contribution in [2.45, 2.75) is 38.6 Å². The maximum absolute atomic E-state index is 12.9. The molecule has 0 aliphatic carbocycles. The Morgan fingerprint density at radius 2 is 2.00 bits per heavy atom. The number of aromatic hydroxyl groups is 1. The van der Waals surface area contributed by atoms with Crippen LogP contribution in [0.25, 0.3) is 10.9 Å². The van der Waals surface area contributed by atoms with Gasteiger partial charge in [0.1, 0.15) is 5.75 Å². The van der Waals surface area contributed by atoms with Gasteiger partial charge in [-0.2, -0.15) is 0 Å². The van der Waals surface area contributed by atoms with E-state index in [2.05, 4.69) is 17.4 Å². The van der Waals surface area contributed by atoms with E-state index < -0.39 is 0 Å². The van der Waals surface area contributed by atoms with E-state index in [1.807, 2.05) is 23.6 Å². The van der Waals surface area contributed by atoms with Gasteiger partial charge in [0.05, 0.1) is 5.52 Å². The molecule has 5 heteroatoms. The monoisotopic (exact) mass is 360 g/mol. The number of phenols is 1. The van der Waals surface area contributed by atoms with E-state index in [9.17, 15) is 14.7 Å². The second-order valence-corrected chi connectivity index (χ2v) is 7.54. The Labute approximate surface area is 156 Å². The number of anilines is 1. The average Bonchev–Trinajstić information content (AvgIpc) is 2.65. The Kier molecular flexibility index (Phi) is 3.41. The molecule has 0 unspecified atom stereocenters. The zero-order valence-electron chi connectivity index (χ0n) is 15.1. The normalized spacial score (nSPS) is 18.3. The summed E-state index contributed by atoms with van der Waals surface area (Å²) in [6.45, 7) is 2.58. The summed E-state index contributed by atoms with van der Waals surface area (Å²) >= 11 is 0. The van der Waals surface area contributed by atoms with Crippen molar-refractivity contribution < 1.29 is 9.90 Å². The van der Waals surface area contributed by atoms with Crippen molar-refractivity contribution >= 4 is 22.5 Å². The first-order valence-electron chi connectivity index (χ1n) is 9.31. The lowest BCUT2D eigenvalue weighted by Gasteiger charge is -2.29. The van der Waals surface area contributed by atoms with Crippen LogP contribution in [0.2, 0.25) is 0 Å². The summed E-state index contributed by atoms with van der Waals surface area (Å²) < 4.78 is 1.86. The quantitative estimate of drug-likeness (QED) is 0.698. The third-order valence-electron chi connectivity index (χ3n) is 5.86. The van der Waals surface area contributed by atoms with Gasteiger partial charge in [0.2, 0.25) is 5.91 Å². The number of carbonyl (C=O) groups is 1. The molecule has 2 aliphatic heterocycles. The largest absolute Gasteiger partial charge is 0.508 e. The highest BCUT2D eigenvalue weighted by atomic mass is 16.3. The van der Waals surface area contributed by atoms with E-state index in [1.165, 1.54) is 5.56 Å². The lowest BCUT2D eigenvalue weighted by atomic mass is 9.82. The van der Waals surface area contributed by atoms with Crippen LogP contribution in [0, 0.1) is 6.92 Å². The number of nitrogens with zero attached hydrogens (tertiary/aromatic N) is 1. The molecule has 2 N–H and O–H groups in total. The van der Waals surface area contributed by atoms with Gasteiger partial charge >= 0.3 is 0 Å². The number of hydrogen-bond donors (Lipinski definition) is 2. The zero-order chi connectivity index (χ0) is 18.7. The first-order valence-corrected chi connectivity index (χ1v) is 9.31. The van der Waals surface area contributed by atoms with Gasteiger partial charge < -0.3 is 15.0 Å². The van der Waals surface area contributed by atoms with Gasteiger partial charge in [0.25, 0.3) is 5.56 Å². The summed E-state index contributed by atoms with van der Waals surface area (Å²) in [7, 11) is 0. The van der Waals surface area contributed by atoms with Gasteiger partial charge in [-0.1, -0.05) is 18.2 Å². The first kappa shape index (κ1) is 16.1. The molecule has 27 heavy (non-hydrogen) atoms. The third kappa shape index (κ3) is 2.38. The van der Waals surface area contributed by atoms with Crippen LogP contribution in [0.5, 0.6) is 5.75 Å². The predicted octanol–water partition coefficient (Wildman–Crippen LogP) is 3.44. The van der Waals surface area contributed by atoms with E-state index >= 15 is 0 Å². The van der Waals surface area contributed by atoms with Gasteiger partial charge in [-0.3, -0.25) is 9.59 Å². The van der Waals surface area contributed by atoms with Crippen LogP contribution < -0.4 is 10.9 Å². The van der Waals surface area contributed by atoms with Crippen molar-refractivity contribution in [1.82, 2.24) is 4.57 Å². The summed E-state index contributed by atoms with van der Waals surface area (Å²) in [5.41, 5.74) is 5.43. The Morgan fingerprint density at radius 1 is 1.15 bits per heavy atom. The van der Waals surface area contributed by atoms with Crippen molar-refractivity contribution in [2.75, 3.05) is 5.32 Å². The molecule has 1 aromatic heterocycles. The van der Waals surface area contributed by atoms with Crippen LogP contribution in [-0.4, -0.2) is 15.6 Å². The molecular formula is C22H20N2O3. The van der Waals surface area contributed by atoms with E-state index in [0.717, 1.165) is 47.0 Å². The zero-order valence-corrected chi connectivity index (χ0v) is 15.1. The molecule has 136 valence electrons. The lowest BCUT2D eigenvalue weighted by Crippen LogP contribution is -2.28. The number of aromatic nitrogens is 1. The number of hydrogen-bond acceptors (Lipinski definition) is 3. The predicted molar refractivity (Wildman–Crippen MR) is 104 cm³/mol. The first-order chi connectivity index (χ1) is 13.0. The number of nitrogens with one attached hydrogen (secondary N) is 1. The van der Waals surface area contributed by atoms with Crippen molar-refractivity contribution in [3.8, 4) is 5.75 Å². The molecule has 2 aliphatic rings. The number of rotatable bonds is 1. The van der Waals surface area contributed by atoms with Crippen molar-refractivity contribution in [3.05, 3.63) is 69.0 Å². The second-order valence-electron chi connectivity index (χ2n) is 7.54. The van der Waals surface area contributed by atoms with Crippen LogP contribution in [0.15, 0.2) is 41.2 Å². The second kappa shape index (κ2) is 5.71. The summed E-state index contributed by atoms with van der Waals surface area (Å²) in [6.07, 6.45) is 2.23. The molecule has 0 bridgehead atoms. The van der Waals surface area contributed by atoms with E-state index in [1.54, 1.807) is 12.1 Å². The highest BCUT2D eigenvalue weighted by Gasteiger charge is 2.30. The van der Waals surface area contributed by atoms with E-state index in [0.29, 0.717) is 12.1 Å². The van der Waals surface area contributed by atoms with Crippen molar-refractivity contribution in [3.63, 3.8) is 0 Å². The Morgan fingerprint density at radius 3 is 2.85 bits per heavy atom. The molecule has 1 amide bonds. The van der Waals surface area contributed by atoms with Gasteiger partial charge in [-0.15, -0.1) is 0 Å². The fraction of sp³-hybridized carbons (Fsp3) is 0.273. The number of pyridine rings is 1. The number of fused-ring (bicyclic) bond motifs is 1. The fourth-order valence-electron chi connectivity index (χ4n) is 4.57. The topological polar surface area (TPSA) is 71.3 Å². The smallest absolute Gasteiger partial charge is 0.251 e. The number of para-hydroxylation sites is 1. The Hall–Kier alpha value is -3.08. The molecule has 3 aromatic rings. The average molecular weight is 360 g/mol. The molecule has 0 saturated heterocycles. The minimum absolute atomic E-state index is 0.00678. The van der Waals surface area contributed by atoms with Crippen LogP contribution in [0.1, 0.15) is 41.0 Å². The third-order valence-corrected chi connectivity index (χ3v) is 5.86. The maximum Gasteiger partial charge on any atom is 0.251 e. The lowest BCUT2D eigenvalue weighted by molar-refractivity contribution is -0.116. The standard InChI is InChI=1S/C22H20N2O3/c1-12-8-17-15(9-20(26)23-18(17)11-19(12)25)16-10-21(27)24-7-3-5-13-4-2-6-14(16)22(13)24/h2,4,6,8,10-11,15,25H,3,5,7,9H2,1H3,(H,23,26)/t15-/m0/s1. The molecule has 5 rings (SSSR count). The van der Waals surface area contributed by atoms with Gasteiger partial charge in [-0.25, -0.2) is 0 Å². The summed E-state index contributed by atoms with van der Waals surface area (Å²) in [6, 6.07) is 11.4.